The third-order valence-corrected chi connectivity index (χ3v) is 11.6. The van der Waals surface area contributed by atoms with Crippen LogP contribution in [0, 0.1) is 0 Å². The fraction of sp³-hybridized carbons (Fsp3) is 0.603. The van der Waals surface area contributed by atoms with E-state index in [4.69, 9.17) is 9.05 Å². The average Bonchev–Trinajstić information content (AvgIpc) is 3.29. The zero-order chi connectivity index (χ0) is 49.2. The van der Waals surface area contributed by atoms with Crippen molar-refractivity contribution in [2.75, 3.05) is 40.9 Å². The van der Waals surface area contributed by atoms with Crippen LogP contribution in [0.3, 0.4) is 0 Å². The van der Waals surface area contributed by atoms with Crippen molar-refractivity contribution in [1.29, 1.82) is 0 Å². The summed E-state index contributed by atoms with van der Waals surface area (Å²) in [7, 11) is 1.57. The van der Waals surface area contributed by atoms with Gasteiger partial charge in [-0.15, -0.1) is 0 Å². The number of nitrogens with zero attached hydrogens (tertiary/aromatic N) is 1. The molecule has 3 unspecified atom stereocenters. The van der Waals surface area contributed by atoms with Gasteiger partial charge in [-0.1, -0.05) is 205 Å². The van der Waals surface area contributed by atoms with Gasteiger partial charge in [-0.3, -0.25) is 13.8 Å². The minimum absolute atomic E-state index is 0.0626. The Morgan fingerprint density at radius 2 is 0.896 bits per heavy atom. The maximum atomic E-state index is 12.8. The number of phosphoric acid groups is 1. The summed E-state index contributed by atoms with van der Waals surface area (Å²) in [6, 6.07) is -0.777. The summed E-state index contributed by atoms with van der Waals surface area (Å²) in [5.74, 6) is -0.176. The van der Waals surface area contributed by atoms with Crippen molar-refractivity contribution in [2.45, 2.75) is 187 Å². The Labute approximate surface area is 411 Å². The molecule has 0 bridgehead atoms. The molecule has 0 aliphatic rings. The first-order valence-corrected chi connectivity index (χ1v) is 27.5. The van der Waals surface area contributed by atoms with E-state index < -0.39 is 20.0 Å². The van der Waals surface area contributed by atoms with E-state index in [0.717, 1.165) is 128 Å². The van der Waals surface area contributed by atoms with E-state index in [-0.39, 0.29) is 19.1 Å². The highest BCUT2D eigenvalue weighted by Crippen LogP contribution is 2.43. The second kappa shape index (κ2) is 47.7. The fourth-order valence-corrected chi connectivity index (χ4v) is 7.31. The van der Waals surface area contributed by atoms with Crippen molar-refractivity contribution in [1.82, 2.24) is 5.32 Å². The summed E-state index contributed by atoms with van der Waals surface area (Å²) in [6.45, 7) is 4.65. The smallest absolute Gasteiger partial charge is 0.391 e. The van der Waals surface area contributed by atoms with E-state index in [1.165, 1.54) is 19.3 Å². The lowest BCUT2D eigenvalue weighted by molar-refractivity contribution is -0.870. The van der Waals surface area contributed by atoms with E-state index >= 15 is 0 Å². The van der Waals surface area contributed by atoms with E-state index in [1.807, 2.05) is 21.1 Å². The van der Waals surface area contributed by atoms with Gasteiger partial charge in [-0.05, 0) is 96.3 Å². The zero-order valence-corrected chi connectivity index (χ0v) is 44.0. The van der Waals surface area contributed by atoms with Crippen LogP contribution < -0.4 is 5.32 Å². The quantitative estimate of drug-likeness (QED) is 0.0243. The molecule has 0 spiro atoms. The maximum Gasteiger partial charge on any atom is 0.472 e. The molecule has 0 saturated carbocycles. The summed E-state index contributed by atoms with van der Waals surface area (Å²) < 4.78 is 23.5. The van der Waals surface area contributed by atoms with Crippen molar-refractivity contribution in [2.24, 2.45) is 0 Å². The fourth-order valence-electron chi connectivity index (χ4n) is 6.58. The molecule has 0 aromatic rings. The van der Waals surface area contributed by atoms with E-state index in [1.54, 1.807) is 0 Å². The predicted octanol–water partition coefficient (Wildman–Crippen LogP) is 15.6. The standard InChI is InChI=1S/C58H97N2O6P/c1-6-8-10-12-14-15-16-17-18-19-20-21-22-23-24-25-26-27-28-29-30-31-32-33-34-35-36-37-38-39-40-41-42-43-44-45-46-48-50-52-58(62)59-56(57(61)51-49-47-13-11-9-7-2)55-66-67(63,64)65-54-53-60(3,4)5/h8,10,14-15,17-18,20-21,23-24,26-27,29-30,32-33,35-36,38-39,41-42,56-57,61H,6-7,9,11-13,16,19,22,25,28,31,34,37,40,43-55H2,1-5H3,(H-,59,62,63,64)/p+1/b10-8-,15-14-,18-17-,21-20-,24-23-,27-26-,30-29-,33-32-,36-35-,39-38-,42-41-. The Morgan fingerprint density at radius 1 is 0.522 bits per heavy atom. The molecule has 0 radical (unpaired) electrons. The van der Waals surface area contributed by atoms with Crippen LogP contribution in [0.2, 0.25) is 0 Å². The molecule has 3 N–H and O–H groups in total. The van der Waals surface area contributed by atoms with Gasteiger partial charge in [0.1, 0.15) is 13.2 Å². The van der Waals surface area contributed by atoms with Gasteiger partial charge in [0.15, 0.2) is 0 Å². The lowest BCUT2D eigenvalue weighted by atomic mass is 10.0. The predicted molar refractivity (Wildman–Crippen MR) is 290 cm³/mol. The molecule has 0 rings (SSSR count). The second-order valence-electron chi connectivity index (χ2n) is 18.2. The van der Waals surface area contributed by atoms with Gasteiger partial charge >= 0.3 is 7.82 Å². The number of quaternary nitrogens is 1. The van der Waals surface area contributed by atoms with Gasteiger partial charge in [0.2, 0.25) is 5.91 Å². The monoisotopic (exact) mass is 950 g/mol. The van der Waals surface area contributed by atoms with E-state index in [2.05, 4.69) is 153 Å². The summed E-state index contributed by atoms with van der Waals surface area (Å²) in [6.07, 6.45) is 72.5. The number of aliphatic hydroxyl groups is 1. The average molecular weight is 950 g/mol. The largest absolute Gasteiger partial charge is 0.472 e. The SMILES string of the molecule is CC/C=C\C/C=C\C/C=C\C/C=C\C/C=C\C/C=C\C/C=C\C/C=C\C/C=C\C/C=C\C/C=C\CCCCCCCC(=O)NC(COP(=O)(O)OCC[N+](C)(C)C)C(O)CCCCCCCC. The Kier molecular flexibility index (Phi) is 45.3. The number of amides is 1. The summed E-state index contributed by atoms with van der Waals surface area (Å²) in [4.78, 5) is 23.0. The van der Waals surface area contributed by atoms with Crippen LogP contribution in [-0.4, -0.2) is 73.4 Å². The van der Waals surface area contributed by atoms with Crippen LogP contribution in [0.25, 0.3) is 0 Å². The van der Waals surface area contributed by atoms with Crippen LogP contribution in [-0.2, 0) is 18.4 Å². The van der Waals surface area contributed by atoms with Crippen molar-refractivity contribution in [3.63, 3.8) is 0 Å². The first-order chi connectivity index (χ1) is 32.5. The topological polar surface area (TPSA) is 105 Å². The number of aliphatic hydroxyl groups excluding tert-OH is 1. The van der Waals surface area contributed by atoms with E-state index in [0.29, 0.717) is 23.9 Å². The highest BCUT2D eigenvalue weighted by atomic mass is 31.2. The Hall–Kier alpha value is -3.36. The lowest BCUT2D eigenvalue weighted by Crippen LogP contribution is -2.46. The number of nitrogens with one attached hydrogen (secondary N) is 1. The molecule has 0 aromatic carbocycles. The number of likely N-dealkylation sites (N-methyl/N-ethyl adjacent to an activating group) is 1. The molecule has 0 saturated heterocycles. The molecule has 0 aliphatic carbocycles. The second-order valence-corrected chi connectivity index (χ2v) is 19.6. The molecule has 67 heavy (non-hydrogen) atoms. The van der Waals surface area contributed by atoms with Gasteiger partial charge in [0.25, 0.3) is 0 Å². The number of hydrogen-bond donors (Lipinski definition) is 3. The number of allylic oxidation sites excluding steroid dienone is 22. The molecule has 0 aromatic heterocycles. The van der Waals surface area contributed by atoms with Crippen molar-refractivity contribution in [3.8, 4) is 0 Å². The van der Waals surface area contributed by atoms with Crippen LogP contribution >= 0.6 is 7.82 Å². The zero-order valence-electron chi connectivity index (χ0n) is 43.1. The van der Waals surface area contributed by atoms with Crippen molar-refractivity contribution in [3.05, 3.63) is 134 Å². The minimum Gasteiger partial charge on any atom is -0.391 e. The normalized spacial score (nSPS) is 15.1. The molecular weight excluding hydrogens is 852 g/mol. The van der Waals surface area contributed by atoms with Crippen LogP contribution in [0.5, 0.6) is 0 Å². The van der Waals surface area contributed by atoms with E-state index in [9.17, 15) is 19.4 Å². The molecule has 1 amide bonds. The summed E-state index contributed by atoms with van der Waals surface area (Å²) in [5, 5.41) is 13.8. The first kappa shape index (κ1) is 63.6. The van der Waals surface area contributed by atoms with Crippen LogP contribution in [0.4, 0.5) is 0 Å². The van der Waals surface area contributed by atoms with Gasteiger partial charge in [-0.2, -0.15) is 0 Å². The highest BCUT2D eigenvalue weighted by molar-refractivity contribution is 7.47. The number of carbonyl (C=O) groups excluding carboxylic acids is 1. The van der Waals surface area contributed by atoms with Crippen molar-refractivity contribution < 1.29 is 32.9 Å². The first-order valence-electron chi connectivity index (χ1n) is 26.0. The summed E-state index contributed by atoms with van der Waals surface area (Å²) >= 11 is 0. The number of hydrogen-bond acceptors (Lipinski definition) is 5. The molecule has 9 heteroatoms. The molecule has 8 nitrogen and oxygen atoms in total. The highest BCUT2D eigenvalue weighted by Gasteiger charge is 2.28. The molecule has 0 aliphatic heterocycles. The summed E-state index contributed by atoms with van der Waals surface area (Å²) in [5.41, 5.74) is 0. The minimum atomic E-state index is -4.32. The number of phosphoric ester groups is 1. The third kappa shape index (κ3) is 50.3. The van der Waals surface area contributed by atoms with Crippen LogP contribution in [0.15, 0.2) is 134 Å². The number of carbonyl (C=O) groups is 1. The Balaban J connectivity index is 4.05. The lowest BCUT2D eigenvalue weighted by Gasteiger charge is -2.26. The molecule has 0 fully saturated rings. The Morgan fingerprint density at radius 3 is 1.31 bits per heavy atom. The molecular formula is C58H98N2O6P+. The molecule has 3 atom stereocenters. The maximum absolute atomic E-state index is 12.8. The van der Waals surface area contributed by atoms with Crippen molar-refractivity contribution >= 4 is 13.7 Å². The molecule has 380 valence electrons. The van der Waals surface area contributed by atoms with Gasteiger partial charge in [0, 0.05) is 6.42 Å². The third-order valence-electron chi connectivity index (χ3n) is 10.7. The van der Waals surface area contributed by atoms with Crippen LogP contribution in [0.1, 0.15) is 174 Å². The van der Waals surface area contributed by atoms with Gasteiger partial charge in [0.05, 0.1) is 39.9 Å². The molecule has 0 heterocycles. The number of unbranched alkanes of at least 4 members (excludes halogenated alkanes) is 10. The Bertz CT molecular complexity index is 1540. The number of rotatable bonds is 45. The van der Waals surface area contributed by atoms with Gasteiger partial charge in [-0.25, -0.2) is 4.57 Å². The van der Waals surface area contributed by atoms with Gasteiger partial charge < -0.3 is 19.8 Å².